The maximum Gasteiger partial charge on any atom is 0.321 e. The molecule has 0 aromatic heterocycles. The van der Waals surface area contributed by atoms with Crippen molar-refractivity contribution < 1.29 is 34.7 Å². The lowest BCUT2D eigenvalue weighted by Crippen LogP contribution is -2.31. The van der Waals surface area contributed by atoms with Crippen molar-refractivity contribution in [3.05, 3.63) is 0 Å². The number of carboxylic acid groups (broad SMARTS) is 1. The summed E-state index contributed by atoms with van der Waals surface area (Å²) in [6, 6.07) is -0.816. The molecule has 0 heterocycles. The summed E-state index contributed by atoms with van der Waals surface area (Å²) in [6.45, 7) is 0. The van der Waals surface area contributed by atoms with Gasteiger partial charge in [0.1, 0.15) is 6.04 Å². The van der Waals surface area contributed by atoms with Gasteiger partial charge in [-0.2, -0.15) is 12.6 Å². The first-order valence-electron chi connectivity index (χ1n) is 2.25. The monoisotopic (exact) mass is 205 g/mol. The molecule has 11 heavy (non-hydrogen) atoms. The number of hydrogen-bond donors (Lipinski definition) is 4. The van der Waals surface area contributed by atoms with E-state index in [0.29, 0.717) is 0 Å². The molecule has 0 aliphatic heterocycles. The summed E-state index contributed by atoms with van der Waals surface area (Å²) >= 11 is 3.65. The van der Waals surface area contributed by atoms with E-state index in [1.807, 2.05) is 0 Å². The van der Waals surface area contributed by atoms with Crippen LogP contribution in [0, 0.1) is 10.8 Å². The van der Waals surface area contributed by atoms with Crippen LogP contribution in [0.2, 0.25) is 0 Å². The second-order valence-electron chi connectivity index (χ2n) is 1.33. The summed E-state index contributed by atoms with van der Waals surface area (Å²) in [6.07, 6.45) is 0. The van der Waals surface area contributed by atoms with E-state index >= 15 is 0 Å². The highest BCUT2D eigenvalue weighted by molar-refractivity contribution is 7.80. The SMILES string of the molecule is NC(CS)C(=O)O.[O-][Cl+2]([O-])O. The lowest BCUT2D eigenvalue weighted by Gasteiger charge is -1.96. The normalized spacial score (nSPS) is 11.8. The smallest absolute Gasteiger partial charge is 0.321 e. The van der Waals surface area contributed by atoms with Gasteiger partial charge in [0.05, 0.1) is 0 Å². The molecule has 1 atom stereocenters. The Kier molecular flexibility index (Phi) is 9.90. The van der Waals surface area contributed by atoms with E-state index in [-0.39, 0.29) is 5.75 Å². The molecule has 68 valence electrons. The van der Waals surface area contributed by atoms with Crippen LogP contribution in [0.4, 0.5) is 0 Å². The number of hydrogen-bond acceptors (Lipinski definition) is 6. The van der Waals surface area contributed by atoms with Crippen molar-refractivity contribution in [1.82, 2.24) is 0 Å². The van der Waals surface area contributed by atoms with E-state index in [9.17, 15) is 4.79 Å². The van der Waals surface area contributed by atoms with Crippen molar-refractivity contribution in [3.63, 3.8) is 0 Å². The summed E-state index contributed by atoms with van der Waals surface area (Å²) < 4.78 is 24.0. The van der Waals surface area contributed by atoms with Gasteiger partial charge in [0.25, 0.3) is 10.8 Å². The van der Waals surface area contributed by atoms with E-state index in [0.717, 1.165) is 0 Å². The largest absolute Gasteiger partial charge is 0.480 e. The molecule has 8 heteroatoms. The van der Waals surface area contributed by atoms with E-state index in [2.05, 4.69) is 12.6 Å². The van der Waals surface area contributed by atoms with Crippen molar-refractivity contribution in [3.8, 4) is 0 Å². The third-order valence-corrected chi connectivity index (χ3v) is 0.907. The number of halogens is 1. The molecule has 0 bridgehead atoms. The number of carbonyl (C=O) groups is 1. The van der Waals surface area contributed by atoms with Gasteiger partial charge in [-0.1, -0.05) is 0 Å². The lowest BCUT2D eigenvalue weighted by atomic mass is 10.4. The highest BCUT2D eigenvalue weighted by Gasteiger charge is 2.06. The molecular formula is C3H8ClNO5S. The zero-order chi connectivity index (χ0) is 9.44. The van der Waals surface area contributed by atoms with Crippen LogP contribution in [-0.4, -0.2) is 27.5 Å². The van der Waals surface area contributed by atoms with Gasteiger partial charge in [0, 0.05) is 10.4 Å². The van der Waals surface area contributed by atoms with Gasteiger partial charge < -0.3 is 20.2 Å². The van der Waals surface area contributed by atoms with Crippen LogP contribution in [0.3, 0.4) is 0 Å². The number of carboxylic acids is 1. The molecule has 0 fully saturated rings. The summed E-state index contributed by atoms with van der Waals surface area (Å²) in [7, 11) is -2.60. The number of thiol groups is 1. The van der Waals surface area contributed by atoms with Gasteiger partial charge in [-0.25, -0.2) is 0 Å². The zero-order valence-electron chi connectivity index (χ0n) is 5.31. The maximum absolute atomic E-state index is 9.76. The Labute approximate surface area is 71.4 Å². The molecule has 0 aromatic rings. The first-order valence-corrected chi connectivity index (χ1v) is 3.84. The van der Waals surface area contributed by atoms with E-state index < -0.39 is 22.8 Å². The van der Waals surface area contributed by atoms with Crippen molar-refractivity contribution in [2.45, 2.75) is 6.04 Å². The fraction of sp³-hybridized carbons (Fsp3) is 0.667. The second kappa shape index (κ2) is 8.05. The predicted molar refractivity (Wildman–Crippen MR) is 31.7 cm³/mol. The van der Waals surface area contributed by atoms with E-state index in [1.54, 1.807) is 0 Å². The van der Waals surface area contributed by atoms with Crippen molar-refractivity contribution in [2.75, 3.05) is 5.75 Å². The summed E-state index contributed by atoms with van der Waals surface area (Å²) in [5, 5.41) is 8.01. The first kappa shape index (κ1) is 13.5. The van der Waals surface area contributed by atoms with Crippen LogP contribution >= 0.6 is 12.6 Å². The molecule has 0 aliphatic carbocycles. The number of nitrogens with two attached hydrogens (primary N) is 1. The van der Waals surface area contributed by atoms with Crippen molar-refractivity contribution in [1.29, 1.82) is 0 Å². The van der Waals surface area contributed by atoms with Gasteiger partial charge in [-0.05, 0) is 0 Å². The topological polar surface area (TPSA) is 130 Å². The van der Waals surface area contributed by atoms with Gasteiger partial charge >= 0.3 is 5.97 Å². The van der Waals surface area contributed by atoms with E-state index in [4.69, 9.17) is 24.8 Å². The molecule has 0 saturated carbocycles. The lowest BCUT2D eigenvalue weighted by molar-refractivity contribution is -1.63. The Morgan fingerprint density at radius 2 is 2.00 bits per heavy atom. The van der Waals surface area contributed by atoms with Gasteiger partial charge in [0.15, 0.2) is 0 Å². The highest BCUT2D eigenvalue weighted by Crippen LogP contribution is 1.80. The summed E-state index contributed by atoms with van der Waals surface area (Å²) in [4.78, 5) is 9.76. The molecule has 4 N–H and O–H groups in total. The van der Waals surface area contributed by atoms with Gasteiger partial charge in [-0.3, -0.25) is 4.79 Å². The second-order valence-corrected chi connectivity index (χ2v) is 2.10. The minimum Gasteiger partial charge on any atom is -0.480 e. The van der Waals surface area contributed by atoms with Crippen molar-refractivity contribution in [2.24, 2.45) is 5.73 Å². The van der Waals surface area contributed by atoms with Crippen LogP contribution in [0.5, 0.6) is 0 Å². The van der Waals surface area contributed by atoms with Crippen LogP contribution in [-0.2, 0) is 4.79 Å². The zero-order valence-corrected chi connectivity index (χ0v) is 6.96. The average molecular weight is 206 g/mol. The molecule has 0 spiro atoms. The van der Waals surface area contributed by atoms with Crippen LogP contribution < -0.4 is 15.1 Å². The Hall–Kier alpha value is -0.0500. The van der Waals surface area contributed by atoms with E-state index in [1.165, 1.54) is 0 Å². The molecule has 0 rings (SSSR count). The van der Waals surface area contributed by atoms with Crippen molar-refractivity contribution >= 4 is 18.6 Å². The van der Waals surface area contributed by atoms with Gasteiger partial charge in [-0.15, -0.1) is 0 Å². The Morgan fingerprint density at radius 1 is 1.73 bits per heavy atom. The quantitative estimate of drug-likeness (QED) is 0.345. The Morgan fingerprint density at radius 3 is 2.00 bits per heavy atom. The number of aliphatic carboxylic acids is 1. The minimum absolute atomic E-state index is 0.190. The fourth-order valence-corrected chi connectivity index (χ4v) is 0.234. The van der Waals surface area contributed by atoms with Gasteiger partial charge in [0.2, 0.25) is 0 Å². The van der Waals surface area contributed by atoms with Crippen LogP contribution in [0.25, 0.3) is 0 Å². The molecule has 6 nitrogen and oxygen atoms in total. The summed E-state index contributed by atoms with van der Waals surface area (Å²) in [5.41, 5.74) is 4.94. The maximum atomic E-state index is 9.76. The predicted octanol–water partition coefficient (Wildman–Crippen LogP) is -3.61. The standard InChI is InChI=1S/C3H7NO2S.ClHO3/c4-2(1-7)3(5)6;2-1(3)4/h2,7H,1,4H2,(H,5,6);2H. The highest BCUT2D eigenvalue weighted by atomic mass is 35.6. The molecule has 0 saturated heterocycles. The van der Waals surface area contributed by atoms with Crippen LogP contribution in [0.1, 0.15) is 0 Å². The third kappa shape index (κ3) is 17.8. The average Bonchev–Trinajstić information content (AvgIpc) is 1.85. The summed E-state index contributed by atoms with van der Waals surface area (Å²) in [5.74, 6) is -0.815. The molecule has 0 aromatic carbocycles. The molecule has 1 unspecified atom stereocenters. The minimum atomic E-state index is -2.60. The fourth-order valence-electron chi connectivity index (χ4n) is 0.0781. The molecular weight excluding hydrogens is 198 g/mol. The first-order chi connectivity index (χ1) is 4.91. The molecule has 0 aliphatic rings. The Balaban J connectivity index is 0. The molecule has 0 radical (unpaired) electrons. The number of rotatable bonds is 2. The Bertz CT molecular complexity index is 109. The third-order valence-electron chi connectivity index (χ3n) is 0.514. The van der Waals surface area contributed by atoms with Crippen LogP contribution in [0.15, 0.2) is 0 Å². The molecule has 0 amide bonds.